The van der Waals surface area contributed by atoms with Crippen molar-refractivity contribution in [2.75, 3.05) is 0 Å². The van der Waals surface area contributed by atoms with E-state index in [1.54, 1.807) is 6.08 Å². The van der Waals surface area contributed by atoms with Crippen molar-refractivity contribution in [2.45, 2.75) is 90.4 Å². The summed E-state index contributed by atoms with van der Waals surface area (Å²) in [6, 6.07) is 0. The second-order valence-electron chi connectivity index (χ2n) is 5.35. The molecule has 0 bridgehead atoms. The van der Waals surface area contributed by atoms with E-state index in [2.05, 4.69) is 6.92 Å². The topological polar surface area (TPSA) is 43.1 Å². The molecule has 0 aliphatic heterocycles. The van der Waals surface area contributed by atoms with Gasteiger partial charge in [0.25, 0.3) is 0 Å². The average molecular weight is 269 g/mol. The molecule has 0 aliphatic carbocycles. The van der Waals surface area contributed by atoms with Crippen molar-refractivity contribution in [3.63, 3.8) is 0 Å². The molecule has 0 saturated carbocycles. The smallest absolute Gasteiger partial charge is 0.230 e. The maximum absolute atomic E-state index is 10.0. The Morgan fingerprint density at radius 3 is 1.63 bits per heavy atom. The molecular formula is C16H31NO2. The molecule has 0 N–H and O–H groups in total. The summed E-state index contributed by atoms with van der Waals surface area (Å²) in [7, 11) is 0. The monoisotopic (exact) mass is 269 g/mol. The van der Waals surface area contributed by atoms with Gasteiger partial charge in [0.1, 0.15) is 0 Å². The third-order valence-electron chi connectivity index (χ3n) is 3.45. The first-order valence-electron chi connectivity index (χ1n) is 8.07. The van der Waals surface area contributed by atoms with E-state index in [-0.39, 0.29) is 4.92 Å². The van der Waals surface area contributed by atoms with Crippen molar-refractivity contribution in [3.05, 3.63) is 22.4 Å². The van der Waals surface area contributed by atoms with Crippen LogP contribution in [0.25, 0.3) is 0 Å². The van der Waals surface area contributed by atoms with Gasteiger partial charge in [-0.15, -0.1) is 0 Å². The predicted molar refractivity (Wildman–Crippen MR) is 81.8 cm³/mol. The fourth-order valence-electron chi connectivity index (χ4n) is 2.26. The molecule has 0 rings (SSSR count). The molecule has 0 spiro atoms. The second-order valence-corrected chi connectivity index (χ2v) is 5.35. The summed E-state index contributed by atoms with van der Waals surface area (Å²) in [6.45, 7) is 2.26. The lowest BCUT2D eigenvalue weighted by Crippen LogP contribution is -1.83. The van der Waals surface area contributed by atoms with Crippen LogP contribution < -0.4 is 0 Å². The number of nitro groups is 1. The molecule has 0 aromatic heterocycles. The van der Waals surface area contributed by atoms with Crippen LogP contribution in [0.3, 0.4) is 0 Å². The number of rotatable bonds is 14. The number of nitrogens with zero attached hydrogens (tertiary/aromatic N) is 1. The molecule has 0 radical (unpaired) electrons. The zero-order chi connectivity index (χ0) is 14.2. The molecule has 0 amide bonds. The number of hydrogen-bond acceptors (Lipinski definition) is 2. The third kappa shape index (κ3) is 17.1. The molecule has 0 fully saturated rings. The van der Waals surface area contributed by atoms with Crippen LogP contribution in [0.4, 0.5) is 0 Å². The second kappa shape index (κ2) is 15.2. The largest absolute Gasteiger partial charge is 0.259 e. The molecule has 0 atom stereocenters. The fourth-order valence-corrected chi connectivity index (χ4v) is 2.26. The van der Waals surface area contributed by atoms with Gasteiger partial charge >= 0.3 is 0 Å². The Hall–Kier alpha value is -0.860. The molecule has 0 unspecified atom stereocenters. The van der Waals surface area contributed by atoms with Crippen LogP contribution in [0.15, 0.2) is 12.3 Å². The maximum Gasteiger partial charge on any atom is 0.230 e. The van der Waals surface area contributed by atoms with Gasteiger partial charge in [-0.05, 0) is 18.9 Å². The summed E-state index contributed by atoms with van der Waals surface area (Å²) in [6.07, 6.45) is 19.6. The molecule has 0 aromatic rings. The van der Waals surface area contributed by atoms with Crippen molar-refractivity contribution in [3.8, 4) is 0 Å². The minimum Gasteiger partial charge on any atom is -0.259 e. The van der Waals surface area contributed by atoms with Gasteiger partial charge in [0.05, 0.1) is 4.92 Å². The molecule has 3 nitrogen and oxygen atoms in total. The van der Waals surface area contributed by atoms with Gasteiger partial charge in [-0.1, -0.05) is 77.6 Å². The molecule has 112 valence electrons. The lowest BCUT2D eigenvalue weighted by molar-refractivity contribution is -0.402. The van der Waals surface area contributed by atoms with Gasteiger partial charge in [0.2, 0.25) is 6.20 Å². The third-order valence-corrected chi connectivity index (χ3v) is 3.45. The van der Waals surface area contributed by atoms with E-state index >= 15 is 0 Å². The SMILES string of the molecule is CCCCCCCCCCCCCCC=C[N+](=O)[O-]. The summed E-state index contributed by atoms with van der Waals surface area (Å²) in [5.74, 6) is 0. The lowest BCUT2D eigenvalue weighted by Gasteiger charge is -2.02. The summed E-state index contributed by atoms with van der Waals surface area (Å²) >= 11 is 0. The Balaban J connectivity index is 3.01. The summed E-state index contributed by atoms with van der Waals surface area (Å²) in [4.78, 5) is 9.65. The fraction of sp³-hybridized carbons (Fsp3) is 0.875. The first-order chi connectivity index (χ1) is 9.27. The van der Waals surface area contributed by atoms with Gasteiger partial charge in [-0.25, -0.2) is 0 Å². The Morgan fingerprint density at radius 2 is 1.21 bits per heavy atom. The highest BCUT2D eigenvalue weighted by Crippen LogP contribution is 2.12. The molecule has 0 heterocycles. The van der Waals surface area contributed by atoms with Gasteiger partial charge in [0, 0.05) is 0 Å². The normalized spacial score (nSPS) is 11.2. The first kappa shape index (κ1) is 18.1. The van der Waals surface area contributed by atoms with Crippen molar-refractivity contribution in [1.82, 2.24) is 0 Å². The van der Waals surface area contributed by atoms with Crippen molar-refractivity contribution >= 4 is 0 Å². The lowest BCUT2D eigenvalue weighted by atomic mass is 10.0. The van der Waals surface area contributed by atoms with Crippen LogP contribution in [0.1, 0.15) is 90.4 Å². The van der Waals surface area contributed by atoms with E-state index in [0.717, 1.165) is 19.0 Å². The number of unbranched alkanes of at least 4 members (excludes halogenated alkanes) is 12. The van der Waals surface area contributed by atoms with Crippen LogP contribution in [0.5, 0.6) is 0 Å². The standard InChI is InChI=1S/C16H31NO2/c1-2-3-4-5-6-7-8-9-10-11-12-13-14-15-16-17(18)19/h15-16H,2-14H2,1H3. The molecule has 0 saturated heterocycles. The Bertz CT molecular complexity index is 227. The van der Waals surface area contributed by atoms with Crippen LogP contribution in [0.2, 0.25) is 0 Å². The van der Waals surface area contributed by atoms with E-state index in [0.29, 0.717) is 0 Å². The first-order valence-corrected chi connectivity index (χ1v) is 8.07. The van der Waals surface area contributed by atoms with Crippen LogP contribution in [-0.2, 0) is 0 Å². The van der Waals surface area contributed by atoms with E-state index in [4.69, 9.17) is 0 Å². The van der Waals surface area contributed by atoms with Crippen LogP contribution >= 0.6 is 0 Å². The van der Waals surface area contributed by atoms with E-state index in [1.807, 2.05) is 0 Å². The summed E-state index contributed by atoms with van der Waals surface area (Å²) < 4.78 is 0. The van der Waals surface area contributed by atoms with Gasteiger partial charge in [-0.2, -0.15) is 0 Å². The van der Waals surface area contributed by atoms with Crippen LogP contribution in [0, 0.1) is 10.1 Å². The van der Waals surface area contributed by atoms with Crippen LogP contribution in [-0.4, -0.2) is 4.92 Å². The highest BCUT2D eigenvalue weighted by Gasteiger charge is 1.93. The molecule has 3 heteroatoms. The Kier molecular flexibility index (Phi) is 14.5. The minimum absolute atomic E-state index is 0.388. The predicted octanol–water partition coefficient (Wildman–Crippen LogP) is 5.87. The quantitative estimate of drug-likeness (QED) is 0.225. The summed E-state index contributed by atoms with van der Waals surface area (Å²) in [5.41, 5.74) is 0. The van der Waals surface area contributed by atoms with E-state index in [9.17, 15) is 10.1 Å². The van der Waals surface area contributed by atoms with Crippen molar-refractivity contribution in [2.24, 2.45) is 0 Å². The molecule has 0 aromatic carbocycles. The minimum atomic E-state index is -0.388. The highest BCUT2D eigenvalue weighted by molar-refractivity contribution is 4.71. The van der Waals surface area contributed by atoms with Crippen molar-refractivity contribution < 1.29 is 4.92 Å². The molecule has 19 heavy (non-hydrogen) atoms. The number of allylic oxidation sites excluding steroid dienone is 1. The van der Waals surface area contributed by atoms with Gasteiger partial charge in [0.15, 0.2) is 0 Å². The van der Waals surface area contributed by atoms with Crippen molar-refractivity contribution in [1.29, 1.82) is 0 Å². The zero-order valence-corrected chi connectivity index (χ0v) is 12.6. The van der Waals surface area contributed by atoms with E-state index < -0.39 is 0 Å². The Labute approximate surface area is 118 Å². The number of hydrogen-bond donors (Lipinski definition) is 0. The molecule has 0 aliphatic rings. The molecular weight excluding hydrogens is 238 g/mol. The average Bonchev–Trinajstić information content (AvgIpc) is 2.39. The maximum atomic E-state index is 10.0. The highest BCUT2D eigenvalue weighted by atomic mass is 16.6. The zero-order valence-electron chi connectivity index (χ0n) is 12.6. The Morgan fingerprint density at radius 1 is 0.789 bits per heavy atom. The summed E-state index contributed by atoms with van der Waals surface area (Å²) in [5, 5.41) is 10.0. The van der Waals surface area contributed by atoms with Gasteiger partial charge in [-0.3, -0.25) is 10.1 Å². The van der Waals surface area contributed by atoms with E-state index in [1.165, 1.54) is 70.6 Å². The van der Waals surface area contributed by atoms with Gasteiger partial charge < -0.3 is 0 Å².